The third-order valence-corrected chi connectivity index (χ3v) is 3.65. The van der Waals surface area contributed by atoms with E-state index < -0.39 is 17.6 Å². The molecule has 0 saturated carbocycles. The van der Waals surface area contributed by atoms with Crippen molar-refractivity contribution in [2.24, 2.45) is 0 Å². The molecule has 2 amide bonds. The van der Waals surface area contributed by atoms with E-state index in [-0.39, 0.29) is 16.8 Å². The summed E-state index contributed by atoms with van der Waals surface area (Å²) in [7, 11) is 0. The second kappa shape index (κ2) is 7.56. The van der Waals surface area contributed by atoms with Crippen LogP contribution in [0.3, 0.4) is 0 Å². The van der Waals surface area contributed by atoms with Crippen LogP contribution in [-0.2, 0) is 14.3 Å². The van der Waals surface area contributed by atoms with E-state index in [0.29, 0.717) is 19.7 Å². The van der Waals surface area contributed by atoms with Crippen LogP contribution >= 0.6 is 11.6 Å². The molecule has 5 nitrogen and oxygen atoms in total. The summed E-state index contributed by atoms with van der Waals surface area (Å²) in [5.74, 6) is -2.07. The first-order valence-electron chi connectivity index (χ1n) is 7.17. The average molecular weight is 329 g/mol. The fraction of sp³-hybridized carbons (Fsp3) is 0.467. The van der Waals surface area contributed by atoms with Gasteiger partial charge in [0.15, 0.2) is 0 Å². The van der Waals surface area contributed by atoms with Crippen molar-refractivity contribution in [1.29, 1.82) is 0 Å². The fourth-order valence-electron chi connectivity index (χ4n) is 2.34. The average Bonchev–Trinajstić information content (AvgIpc) is 2.95. The molecule has 1 fully saturated rings. The molecule has 1 saturated heterocycles. The molecule has 1 atom stereocenters. The molecule has 1 aliphatic heterocycles. The third-order valence-electron chi connectivity index (χ3n) is 3.43. The van der Waals surface area contributed by atoms with Crippen LogP contribution in [0.25, 0.3) is 0 Å². The van der Waals surface area contributed by atoms with Gasteiger partial charge in [0, 0.05) is 30.4 Å². The van der Waals surface area contributed by atoms with Crippen LogP contribution < -0.4 is 5.32 Å². The standard InChI is InChI=1S/C15H18ClFN2O3/c1-2-19(9-13-4-3-5-22-13)15(21)14(20)18-12-7-10(16)6-11(17)8-12/h6-8,13H,2-5,9H2,1H3,(H,18,20). The number of rotatable bonds is 4. The van der Waals surface area contributed by atoms with Crippen molar-refractivity contribution in [1.82, 2.24) is 4.90 Å². The van der Waals surface area contributed by atoms with Crippen LogP contribution in [0, 0.1) is 5.82 Å². The van der Waals surface area contributed by atoms with Crippen LogP contribution in [-0.4, -0.2) is 42.5 Å². The maximum atomic E-state index is 13.2. The van der Waals surface area contributed by atoms with Gasteiger partial charge in [-0.1, -0.05) is 11.6 Å². The number of carbonyl (C=O) groups is 2. The number of hydrogen-bond donors (Lipinski definition) is 1. The highest BCUT2D eigenvalue weighted by Gasteiger charge is 2.25. The molecule has 0 spiro atoms. The largest absolute Gasteiger partial charge is 0.376 e. The first kappa shape index (κ1) is 16.7. The minimum absolute atomic E-state index is 0.0275. The molecular weight excluding hydrogens is 311 g/mol. The van der Waals surface area contributed by atoms with Gasteiger partial charge in [-0.25, -0.2) is 4.39 Å². The lowest BCUT2D eigenvalue weighted by atomic mass is 10.2. The van der Waals surface area contributed by atoms with Crippen LogP contribution in [0.2, 0.25) is 5.02 Å². The summed E-state index contributed by atoms with van der Waals surface area (Å²) in [5, 5.41) is 2.52. The molecule has 0 bridgehead atoms. The van der Waals surface area contributed by atoms with E-state index in [4.69, 9.17) is 16.3 Å². The Balaban J connectivity index is 1.98. The number of ether oxygens (including phenoxy) is 1. The van der Waals surface area contributed by atoms with Crippen molar-refractivity contribution in [3.05, 3.63) is 29.0 Å². The first-order valence-corrected chi connectivity index (χ1v) is 7.55. The van der Waals surface area contributed by atoms with E-state index in [1.165, 1.54) is 11.0 Å². The Morgan fingerprint density at radius 3 is 2.82 bits per heavy atom. The fourth-order valence-corrected chi connectivity index (χ4v) is 2.57. The predicted molar refractivity (Wildman–Crippen MR) is 81.3 cm³/mol. The number of benzene rings is 1. The highest BCUT2D eigenvalue weighted by molar-refractivity contribution is 6.39. The van der Waals surface area contributed by atoms with Crippen LogP contribution in [0.4, 0.5) is 10.1 Å². The summed E-state index contributed by atoms with van der Waals surface area (Å²) in [6.07, 6.45) is 1.82. The highest BCUT2D eigenvalue weighted by atomic mass is 35.5. The van der Waals surface area contributed by atoms with Gasteiger partial charge in [0.1, 0.15) is 5.82 Å². The van der Waals surface area contributed by atoms with Crippen molar-refractivity contribution in [2.75, 3.05) is 25.0 Å². The van der Waals surface area contributed by atoms with Gasteiger partial charge in [0.25, 0.3) is 0 Å². The lowest BCUT2D eigenvalue weighted by Gasteiger charge is -2.23. The van der Waals surface area contributed by atoms with Crippen molar-refractivity contribution < 1.29 is 18.7 Å². The minimum atomic E-state index is -0.818. The molecule has 22 heavy (non-hydrogen) atoms. The molecule has 120 valence electrons. The van der Waals surface area contributed by atoms with Gasteiger partial charge in [0.2, 0.25) is 0 Å². The Bertz CT molecular complexity index is 541. The monoisotopic (exact) mass is 328 g/mol. The quantitative estimate of drug-likeness (QED) is 0.864. The number of nitrogens with one attached hydrogen (secondary N) is 1. The summed E-state index contributed by atoms with van der Waals surface area (Å²) in [6.45, 7) is 3.26. The SMILES string of the molecule is CCN(CC1CCCO1)C(=O)C(=O)Nc1cc(F)cc(Cl)c1. The van der Waals surface area contributed by atoms with Crippen LogP contribution in [0.1, 0.15) is 19.8 Å². The zero-order chi connectivity index (χ0) is 16.1. The number of amides is 2. The third kappa shape index (κ3) is 4.42. The van der Waals surface area contributed by atoms with E-state index in [0.717, 1.165) is 25.0 Å². The molecule has 0 radical (unpaired) electrons. The summed E-state index contributed by atoms with van der Waals surface area (Å²) >= 11 is 5.71. The summed E-state index contributed by atoms with van der Waals surface area (Å²) in [4.78, 5) is 25.6. The Labute approximate surface area is 133 Å². The molecule has 0 aromatic heterocycles. The molecule has 7 heteroatoms. The molecule has 0 aliphatic carbocycles. The normalized spacial score (nSPS) is 17.3. The van der Waals surface area contributed by atoms with E-state index >= 15 is 0 Å². The van der Waals surface area contributed by atoms with Crippen molar-refractivity contribution in [3.63, 3.8) is 0 Å². The van der Waals surface area contributed by atoms with E-state index in [9.17, 15) is 14.0 Å². The number of likely N-dealkylation sites (N-methyl/N-ethyl adjacent to an activating group) is 1. The van der Waals surface area contributed by atoms with Gasteiger partial charge in [0.05, 0.1) is 6.10 Å². The zero-order valence-electron chi connectivity index (χ0n) is 12.3. The number of carbonyl (C=O) groups excluding carboxylic acids is 2. The first-order chi connectivity index (χ1) is 10.5. The van der Waals surface area contributed by atoms with Gasteiger partial charge in [-0.15, -0.1) is 0 Å². The molecule has 1 aromatic rings. The summed E-state index contributed by atoms with van der Waals surface area (Å²) in [5.41, 5.74) is 0.150. The molecule has 1 heterocycles. The molecule has 1 N–H and O–H groups in total. The molecule has 1 aliphatic rings. The van der Waals surface area contributed by atoms with Crippen LogP contribution in [0.15, 0.2) is 18.2 Å². The Morgan fingerprint density at radius 2 is 2.23 bits per heavy atom. The summed E-state index contributed by atoms with van der Waals surface area (Å²) in [6, 6.07) is 3.61. The molecular formula is C15H18ClFN2O3. The Hall–Kier alpha value is -1.66. The summed E-state index contributed by atoms with van der Waals surface area (Å²) < 4.78 is 18.7. The predicted octanol–water partition coefficient (Wildman–Crippen LogP) is 2.45. The Morgan fingerprint density at radius 1 is 1.45 bits per heavy atom. The van der Waals surface area contributed by atoms with Crippen molar-refractivity contribution in [3.8, 4) is 0 Å². The van der Waals surface area contributed by atoms with Crippen molar-refractivity contribution >= 4 is 29.1 Å². The second-order valence-corrected chi connectivity index (χ2v) is 5.53. The van der Waals surface area contributed by atoms with Gasteiger partial charge < -0.3 is 15.0 Å². The van der Waals surface area contributed by atoms with E-state index in [1.54, 1.807) is 6.92 Å². The van der Waals surface area contributed by atoms with Gasteiger partial charge >= 0.3 is 11.8 Å². The highest BCUT2D eigenvalue weighted by Crippen LogP contribution is 2.18. The molecule has 2 rings (SSSR count). The van der Waals surface area contributed by atoms with Gasteiger partial charge in [-0.2, -0.15) is 0 Å². The number of halogens is 2. The molecule has 1 aromatic carbocycles. The lowest BCUT2D eigenvalue weighted by molar-refractivity contribution is -0.144. The van der Waals surface area contributed by atoms with Gasteiger partial charge in [-0.3, -0.25) is 9.59 Å². The number of anilines is 1. The lowest BCUT2D eigenvalue weighted by Crippen LogP contribution is -2.43. The van der Waals surface area contributed by atoms with E-state index in [1.807, 2.05) is 0 Å². The Kier molecular flexibility index (Phi) is 5.74. The second-order valence-electron chi connectivity index (χ2n) is 5.09. The molecule has 1 unspecified atom stereocenters. The maximum absolute atomic E-state index is 13.2. The smallest absolute Gasteiger partial charge is 0.313 e. The minimum Gasteiger partial charge on any atom is -0.376 e. The topological polar surface area (TPSA) is 58.6 Å². The van der Waals surface area contributed by atoms with Gasteiger partial charge in [-0.05, 0) is 38.0 Å². The number of hydrogen-bond acceptors (Lipinski definition) is 3. The number of nitrogens with zero attached hydrogens (tertiary/aromatic N) is 1. The van der Waals surface area contributed by atoms with Crippen molar-refractivity contribution in [2.45, 2.75) is 25.9 Å². The maximum Gasteiger partial charge on any atom is 0.313 e. The van der Waals surface area contributed by atoms with E-state index in [2.05, 4.69) is 5.32 Å². The van der Waals surface area contributed by atoms with Crippen LogP contribution in [0.5, 0.6) is 0 Å². The zero-order valence-corrected chi connectivity index (χ0v) is 13.0.